The molecule has 0 aliphatic carbocycles. The Bertz CT molecular complexity index is 564. The van der Waals surface area contributed by atoms with Gasteiger partial charge in [0.25, 0.3) is 5.91 Å². The standard InChI is InChI=1S/C13H15ClN4O/c1-3-11(9-4-6-10(14)7-5-9)16-13(19)12-15-8(2)17-18-12/h4-7,11H,3H2,1-2H3,(H,16,19)(H,15,17,18). The molecule has 1 aromatic heterocycles. The number of rotatable bonds is 4. The van der Waals surface area contributed by atoms with E-state index >= 15 is 0 Å². The highest BCUT2D eigenvalue weighted by Gasteiger charge is 2.17. The average molecular weight is 279 g/mol. The highest BCUT2D eigenvalue weighted by molar-refractivity contribution is 6.30. The molecule has 1 heterocycles. The van der Waals surface area contributed by atoms with Crippen LogP contribution in [0.4, 0.5) is 0 Å². The molecule has 0 saturated carbocycles. The van der Waals surface area contributed by atoms with Crippen molar-refractivity contribution in [1.29, 1.82) is 0 Å². The minimum atomic E-state index is -0.286. The first-order chi connectivity index (χ1) is 9.10. The molecule has 1 atom stereocenters. The van der Waals surface area contributed by atoms with Crippen molar-refractivity contribution in [3.63, 3.8) is 0 Å². The molecule has 2 rings (SSSR count). The Kier molecular flexibility index (Phi) is 4.16. The minimum absolute atomic E-state index is 0.0800. The van der Waals surface area contributed by atoms with Gasteiger partial charge in [0, 0.05) is 5.02 Å². The van der Waals surface area contributed by atoms with Crippen LogP contribution in [0.5, 0.6) is 0 Å². The lowest BCUT2D eigenvalue weighted by Crippen LogP contribution is -2.29. The normalized spacial score (nSPS) is 12.2. The monoisotopic (exact) mass is 278 g/mol. The maximum Gasteiger partial charge on any atom is 0.291 e. The van der Waals surface area contributed by atoms with Gasteiger partial charge in [0.05, 0.1) is 6.04 Å². The third-order valence-corrected chi connectivity index (χ3v) is 3.04. The van der Waals surface area contributed by atoms with Crippen LogP contribution in [0.25, 0.3) is 0 Å². The maximum absolute atomic E-state index is 12.0. The van der Waals surface area contributed by atoms with E-state index in [2.05, 4.69) is 20.5 Å². The van der Waals surface area contributed by atoms with Crippen LogP contribution < -0.4 is 5.32 Å². The van der Waals surface area contributed by atoms with Gasteiger partial charge >= 0.3 is 0 Å². The second kappa shape index (κ2) is 5.84. The van der Waals surface area contributed by atoms with Crippen LogP contribution in [0.1, 0.15) is 41.4 Å². The molecular weight excluding hydrogens is 264 g/mol. The Hall–Kier alpha value is -1.88. The predicted molar refractivity (Wildman–Crippen MR) is 73.1 cm³/mol. The fourth-order valence-electron chi connectivity index (χ4n) is 1.78. The van der Waals surface area contributed by atoms with Crippen molar-refractivity contribution in [3.8, 4) is 0 Å². The molecule has 2 aromatic rings. The Morgan fingerprint density at radius 1 is 1.42 bits per heavy atom. The molecule has 100 valence electrons. The van der Waals surface area contributed by atoms with Gasteiger partial charge in [-0.05, 0) is 31.0 Å². The van der Waals surface area contributed by atoms with Crippen LogP contribution in [0, 0.1) is 6.92 Å². The number of hydrogen-bond donors (Lipinski definition) is 2. The van der Waals surface area contributed by atoms with Gasteiger partial charge in [-0.1, -0.05) is 30.7 Å². The third kappa shape index (κ3) is 3.32. The van der Waals surface area contributed by atoms with Crippen LogP contribution in [0.3, 0.4) is 0 Å². The molecular formula is C13H15ClN4O. The molecule has 1 aromatic carbocycles. The summed E-state index contributed by atoms with van der Waals surface area (Å²) >= 11 is 5.85. The topological polar surface area (TPSA) is 70.7 Å². The molecule has 0 fully saturated rings. The van der Waals surface area contributed by atoms with Crippen LogP contribution in [-0.4, -0.2) is 21.1 Å². The number of aryl methyl sites for hydroxylation is 1. The van der Waals surface area contributed by atoms with E-state index in [1.54, 1.807) is 6.92 Å². The van der Waals surface area contributed by atoms with Crippen molar-refractivity contribution in [3.05, 3.63) is 46.5 Å². The lowest BCUT2D eigenvalue weighted by Gasteiger charge is -2.16. The van der Waals surface area contributed by atoms with Gasteiger partial charge in [0.2, 0.25) is 5.82 Å². The number of H-pyrrole nitrogens is 1. The Morgan fingerprint density at radius 2 is 2.11 bits per heavy atom. The molecule has 0 bridgehead atoms. The van der Waals surface area contributed by atoms with Crippen LogP contribution in [-0.2, 0) is 0 Å². The van der Waals surface area contributed by atoms with E-state index in [0.717, 1.165) is 12.0 Å². The summed E-state index contributed by atoms with van der Waals surface area (Å²) in [6, 6.07) is 7.34. The van der Waals surface area contributed by atoms with Crippen molar-refractivity contribution < 1.29 is 4.79 Å². The summed E-state index contributed by atoms with van der Waals surface area (Å²) in [7, 11) is 0. The smallest absolute Gasteiger partial charge is 0.291 e. The van der Waals surface area contributed by atoms with E-state index in [1.165, 1.54) is 0 Å². The first kappa shape index (κ1) is 13.5. The first-order valence-corrected chi connectivity index (χ1v) is 6.43. The maximum atomic E-state index is 12.0. The number of nitrogens with zero attached hydrogens (tertiary/aromatic N) is 2. The summed E-state index contributed by atoms with van der Waals surface area (Å²) in [5, 5.41) is 10.1. The zero-order chi connectivity index (χ0) is 13.8. The van der Waals surface area contributed by atoms with E-state index in [-0.39, 0.29) is 17.8 Å². The summed E-state index contributed by atoms with van der Waals surface area (Å²) in [6.07, 6.45) is 0.775. The van der Waals surface area contributed by atoms with E-state index in [4.69, 9.17) is 11.6 Å². The van der Waals surface area contributed by atoms with Gasteiger partial charge in [-0.3, -0.25) is 9.89 Å². The van der Waals surface area contributed by atoms with Crippen molar-refractivity contribution in [2.45, 2.75) is 26.3 Å². The molecule has 0 saturated heterocycles. The molecule has 19 heavy (non-hydrogen) atoms. The predicted octanol–water partition coefficient (Wildman–Crippen LogP) is 2.65. The molecule has 0 aliphatic heterocycles. The summed E-state index contributed by atoms with van der Waals surface area (Å²) in [6.45, 7) is 3.75. The second-order valence-corrected chi connectivity index (χ2v) is 4.67. The van der Waals surface area contributed by atoms with E-state index in [0.29, 0.717) is 10.8 Å². The van der Waals surface area contributed by atoms with Gasteiger partial charge < -0.3 is 5.32 Å². The number of carbonyl (C=O) groups is 1. The Balaban J connectivity index is 2.11. The molecule has 0 aliphatic rings. The molecule has 2 N–H and O–H groups in total. The lowest BCUT2D eigenvalue weighted by molar-refractivity contribution is 0.0925. The quantitative estimate of drug-likeness (QED) is 0.903. The lowest BCUT2D eigenvalue weighted by atomic mass is 10.0. The number of aromatic amines is 1. The minimum Gasteiger partial charge on any atom is -0.342 e. The highest BCUT2D eigenvalue weighted by atomic mass is 35.5. The fraction of sp³-hybridized carbons (Fsp3) is 0.308. The van der Waals surface area contributed by atoms with Crippen LogP contribution in [0.15, 0.2) is 24.3 Å². The van der Waals surface area contributed by atoms with E-state index in [9.17, 15) is 4.79 Å². The number of carbonyl (C=O) groups excluding carboxylic acids is 1. The van der Waals surface area contributed by atoms with Crippen molar-refractivity contribution >= 4 is 17.5 Å². The first-order valence-electron chi connectivity index (χ1n) is 6.05. The van der Waals surface area contributed by atoms with Crippen LogP contribution in [0.2, 0.25) is 5.02 Å². The third-order valence-electron chi connectivity index (χ3n) is 2.79. The molecule has 1 amide bonds. The molecule has 0 spiro atoms. The Morgan fingerprint density at radius 3 is 2.63 bits per heavy atom. The van der Waals surface area contributed by atoms with Gasteiger partial charge in [-0.2, -0.15) is 0 Å². The zero-order valence-electron chi connectivity index (χ0n) is 10.8. The SMILES string of the molecule is CCC(NC(=O)c1n[nH]c(C)n1)c1ccc(Cl)cc1. The average Bonchev–Trinajstić information content (AvgIpc) is 2.84. The van der Waals surface area contributed by atoms with Gasteiger partial charge in [0.1, 0.15) is 5.82 Å². The molecule has 1 unspecified atom stereocenters. The Labute approximate surface area is 116 Å². The second-order valence-electron chi connectivity index (χ2n) is 4.23. The van der Waals surface area contributed by atoms with Crippen molar-refractivity contribution in [2.75, 3.05) is 0 Å². The summed E-state index contributed by atoms with van der Waals surface area (Å²) < 4.78 is 0. The van der Waals surface area contributed by atoms with Crippen molar-refractivity contribution in [1.82, 2.24) is 20.5 Å². The van der Waals surface area contributed by atoms with Gasteiger partial charge in [-0.25, -0.2) is 4.98 Å². The number of aromatic nitrogens is 3. The number of halogens is 1. The summed E-state index contributed by atoms with van der Waals surface area (Å²) in [4.78, 5) is 16.0. The number of benzene rings is 1. The van der Waals surface area contributed by atoms with E-state index < -0.39 is 0 Å². The fourth-order valence-corrected chi connectivity index (χ4v) is 1.91. The highest BCUT2D eigenvalue weighted by Crippen LogP contribution is 2.19. The summed E-state index contributed by atoms with van der Waals surface area (Å²) in [5.41, 5.74) is 1.01. The molecule has 6 heteroatoms. The largest absolute Gasteiger partial charge is 0.342 e. The zero-order valence-corrected chi connectivity index (χ0v) is 11.5. The van der Waals surface area contributed by atoms with Gasteiger partial charge in [0.15, 0.2) is 0 Å². The number of hydrogen-bond acceptors (Lipinski definition) is 3. The van der Waals surface area contributed by atoms with Crippen LogP contribution >= 0.6 is 11.6 Å². The molecule has 5 nitrogen and oxygen atoms in total. The molecule has 0 radical (unpaired) electrons. The van der Waals surface area contributed by atoms with E-state index in [1.807, 2.05) is 31.2 Å². The summed E-state index contributed by atoms with van der Waals surface area (Å²) in [5.74, 6) is 0.487. The van der Waals surface area contributed by atoms with Gasteiger partial charge in [-0.15, -0.1) is 5.10 Å². The number of amides is 1. The van der Waals surface area contributed by atoms with Crippen molar-refractivity contribution in [2.24, 2.45) is 0 Å². The number of nitrogens with one attached hydrogen (secondary N) is 2.